The molecular formula is C6H7NO. The summed E-state index contributed by atoms with van der Waals surface area (Å²) in [6, 6.07) is 1.89. The molecule has 0 aliphatic carbocycles. The third-order valence-corrected chi connectivity index (χ3v) is 0.725. The molecule has 0 aromatic carbocycles. The maximum absolute atomic E-state index is 8.19. The highest BCUT2D eigenvalue weighted by Gasteiger charge is 1.99. The Labute approximate surface area is 49.1 Å². The van der Waals surface area contributed by atoms with Crippen molar-refractivity contribution in [2.24, 2.45) is 0 Å². The molecule has 0 rings (SSSR count). The van der Waals surface area contributed by atoms with Crippen LogP contribution in [0.15, 0.2) is 0 Å². The van der Waals surface area contributed by atoms with Crippen LogP contribution in [0.3, 0.4) is 0 Å². The lowest BCUT2D eigenvalue weighted by atomic mass is 10.3. The molecule has 0 spiro atoms. The van der Waals surface area contributed by atoms with Crippen LogP contribution in [0.1, 0.15) is 13.3 Å². The lowest BCUT2D eigenvalue weighted by Crippen LogP contribution is -2.03. The highest BCUT2D eigenvalue weighted by Crippen LogP contribution is 1.92. The molecule has 0 aliphatic rings. The molecule has 0 aromatic heterocycles. The molecule has 0 unspecified atom stereocenters. The second kappa shape index (κ2) is 4.02. The van der Waals surface area contributed by atoms with Crippen molar-refractivity contribution in [3.63, 3.8) is 0 Å². The summed E-state index contributed by atoms with van der Waals surface area (Å²) in [6.45, 7) is 1.84. The Morgan fingerprint density at radius 1 is 1.88 bits per heavy atom. The van der Waals surface area contributed by atoms with E-state index in [1.807, 2.05) is 19.1 Å². The Hall–Kier alpha value is -1.15. The number of terminal acetylenes is 1. The number of ether oxygens (including phenoxy) is 1. The van der Waals surface area contributed by atoms with Crippen LogP contribution in [0.2, 0.25) is 0 Å². The summed E-state index contributed by atoms with van der Waals surface area (Å²) in [5.74, 6) is 0. The summed E-state index contributed by atoms with van der Waals surface area (Å²) in [7, 11) is 0. The predicted octanol–water partition coefficient (Wildman–Crippen LogP) is 0.896. The second-order valence-electron chi connectivity index (χ2n) is 1.26. The summed E-state index contributed by atoms with van der Waals surface area (Å²) in [5.41, 5.74) is 0. The maximum Gasteiger partial charge on any atom is 0.195 e. The van der Waals surface area contributed by atoms with Crippen molar-refractivity contribution in [1.29, 1.82) is 5.26 Å². The van der Waals surface area contributed by atoms with Crippen molar-refractivity contribution >= 4 is 0 Å². The van der Waals surface area contributed by atoms with Crippen molar-refractivity contribution in [3.05, 3.63) is 0 Å². The van der Waals surface area contributed by atoms with Gasteiger partial charge in [0.2, 0.25) is 0 Å². The van der Waals surface area contributed by atoms with Crippen LogP contribution in [-0.2, 0) is 4.74 Å². The van der Waals surface area contributed by atoms with Crippen LogP contribution < -0.4 is 0 Å². The Morgan fingerprint density at radius 3 is 2.62 bits per heavy atom. The molecule has 0 aromatic rings. The van der Waals surface area contributed by atoms with E-state index in [0.29, 0.717) is 6.42 Å². The van der Waals surface area contributed by atoms with Crippen molar-refractivity contribution in [1.82, 2.24) is 0 Å². The molecule has 0 fully saturated rings. The molecule has 2 nitrogen and oxygen atoms in total. The van der Waals surface area contributed by atoms with E-state index in [9.17, 15) is 0 Å². The first-order valence-corrected chi connectivity index (χ1v) is 2.36. The van der Waals surface area contributed by atoms with Gasteiger partial charge in [-0.2, -0.15) is 5.26 Å². The van der Waals surface area contributed by atoms with Crippen molar-refractivity contribution in [3.8, 4) is 18.6 Å². The fourth-order valence-electron chi connectivity index (χ4n) is 0.283. The van der Waals surface area contributed by atoms with E-state index in [0.717, 1.165) is 0 Å². The highest BCUT2D eigenvalue weighted by atomic mass is 16.5. The van der Waals surface area contributed by atoms with Gasteiger partial charge in [0.15, 0.2) is 6.10 Å². The maximum atomic E-state index is 8.19. The SMILES string of the molecule is C#CO[C@H](C#N)CC. The Morgan fingerprint density at radius 2 is 2.50 bits per heavy atom. The Balaban J connectivity index is 3.45. The van der Waals surface area contributed by atoms with E-state index in [-0.39, 0.29) is 0 Å². The first kappa shape index (κ1) is 6.85. The fraction of sp³-hybridized carbons (Fsp3) is 0.500. The van der Waals surface area contributed by atoms with E-state index in [1.165, 1.54) is 0 Å². The van der Waals surface area contributed by atoms with Gasteiger partial charge in [0.05, 0.1) is 0 Å². The van der Waals surface area contributed by atoms with E-state index < -0.39 is 6.10 Å². The monoisotopic (exact) mass is 109 g/mol. The average molecular weight is 109 g/mol. The molecule has 42 valence electrons. The van der Waals surface area contributed by atoms with Gasteiger partial charge in [0.25, 0.3) is 0 Å². The molecule has 0 radical (unpaired) electrons. The number of hydrogen-bond acceptors (Lipinski definition) is 2. The topological polar surface area (TPSA) is 33.0 Å². The zero-order valence-corrected chi connectivity index (χ0v) is 4.72. The second-order valence-corrected chi connectivity index (χ2v) is 1.26. The highest BCUT2D eigenvalue weighted by molar-refractivity contribution is 4.86. The number of hydrogen-bond donors (Lipinski definition) is 0. The molecule has 0 saturated carbocycles. The quantitative estimate of drug-likeness (QED) is 0.493. The van der Waals surface area contributed by atoms with Crippen LogP contribution in [0.4, 0.5) is 0 Å². The van der Waals surface area contributed by atoms with Crippen LogP contribution in [0, 0.1) is 23.9 Å². The van der Waals surface area contributed by atoms with E-state index in [2.05, 4.69) is 4.74 Å². The van der Waals surface area contributed by atoms with Gasteiger partial charge in [-0.15, -0.1) is 0 Å². The number of nitriles is 1. The van der Waals surface area contributed by atoms with Crippen molar-refractivity contribution in [2.75, 3.05) is 0 Å². The van der Waals surface area contributed by atoms with Gasteiger partial charge >= 0.3 is 0 Å². The molecule has 0 bridgehead atoms. The molecule has 2 heteroatoms. The van der Waals surface area contributed by atoms with Crippen LogP contribution in [0.5, 0.6) is 0 Å². The summed E-state index contributed by atoms with van der Waals surface area (Å²) in [5, 5.41) is 8.19. The third kappa shape index (κ3) is 2.10. The van der Waals surface area contributed by atoms with Gasteiger partial charge in [-0.05, 0) is 6.42 Å². The van der Waals surface area contributed by atoms with Gasteiger partial charge in [-0.1, -0.05) is 13.3 Å². The molecule has 0 aliphatic heterocycles. The minimum Gasteiger partial charge on any atom is -0.428 e. The molecule has 0 saturated heterocycles. The molecule has 0 N–H and O–H groups in total. The van der Waals surface area contributed by atoms with Crippen LogP contribution >= 0.6 is 0 Å². The first-order valence-electron chi connectivity index (χ1n) is 2.36. The Bertz CT molecular complexity index is 128. The van der Waals surface area contributed by atoms with E-state index in [4.69, 9.17) is 11.7 Å². The third-order valence-electron chi connectivity index (χ3n) is 0.725. The predicted molar refractivity (Wildman–Crippen MR) is 29.6 cm³/mol. The number of nitrogens with zero attached hydrogens (tertiary/aromatic N) is 1. The zero-order chi connectivity index (χ0) is 6.41. The van der Waals surface area contributed by atoms with E-state index in [1.54, 1.807) is 0 Å². The standard InChI is InChI=1S/C6H7NO/c1-3-6(5-7)8-4-2/h2,6H,3H2,1H3/t6-/m0/s1. The lowest BCUT2D eigenvalue weighted by molar-refractivity contribution is 0.214. The minimum absolute atomic E-state index is 0.431. The van der Waals surface area contributed by atoms with Gasteiger partial charge in [0.1, 0.15) is 12.2 Å². The lowest BCUT2D eigenvalue weighted by Gasteiger charge is -1.98. The van der Waals surface area contributed by atoms with Gasteiger partial charge in [0, 0.05) is 0 Å². The smallest absolute Gasteiger partial charge is 0.195 e. The summed E-state index contributed by atoms with van der Waals surface area (Å²) in [6.07, 6.45) is 6.91. The summed E-state index contributed by atoms with van der Waals surface area (Å²) >= 11 is 0. The largest absolute Gasteiger partial charge is 0.428 e. The number of rotatable bonds is 2. The normalized spacial score (nSPS) is 10.9. The fourth-order valence-corrected chi connectivity index (χ4v) is 0.283. The molecule has 8 heavy (non-hydrogen) atoms. The van der Waals surface area contributed by atoms with Gasteiger partial charge in [-0.3, -0.25) is 0 Å². The van der Waals surface area contributed by atoms with Gasteiger partial charge in [-0.25, -0.2) is 0 Å². The summed E-state index contributed by atoms with van der Waals surface area (Å²) in [4.78, 5) is 0. The molecule has 1 atom stereocenters. The first-order chi connectivity index (χ1) is 3.85. The molecule has 0 heterocycles. The minimum atomic E-state index is -0.431. The van der Waals surface area contributed by atoms with Gasteiger partial charge < -0.3 is 4.74 Å². The Kier molecular flexibility index (Phi) is 3.44. The van der Waals surface area contributed by atoms with Crippen molar-refractivity contribution in [2.45, 2.75) is 19.4 Å². The van der Waals surface area contributed by atoms with Crippen LogP contribution in [0.25, 0.3) is 0 Å². The zero-order valence-electron chi connectivity index (χ0n) is 4.72. The average Bonchev–Trinajstić information content (AvgIpc) is 1.83. The van der Waals surface area contributed by atoms with E-state index >= 15 is 0 Å². The van der Waals surface area contributed by atoms with Crippen molar-refractivity contribution < 1.29 is 4.74 Å². The molecule has 0 amide bonds. The summed E-state index contributed by atoms with van der Waals surface area (Å²) < 4.78 is 4.51. The molecular weight excluding hydrogens is 102 g/mol. The van der Waals surface area contributed by atoms with Crippen LogP contribution in [-0.4, -0.2) is 6.10 Å².